The third-order valence-electron chi connectivity index (χ3n) is 3.96. The molecule has 2 N–H and O–H groups in total. The van der Waals surface area contributed by atoms with Gasteiger partial charge in [0.1, 0.15) is 5.69 Å². The highest BCUT2D eigenvalue weighted by atomic mass is 32.2. The summed E-state index contributed by atoms with van der Waals surface area (Å²) in [5.41, 5.74) is 1.32. The lowest BCUT2D eigenvalue weighted by Gasteiger charge is -2.02. The van der Waals surface area contributed by atoms with Crippen LogP contribution in [-0.2, 0) is 6.54 Å². The van der Waals surface area contributed by atoms with E-state index in [4.69, 9.17) is 4.74 Å². The molecule has 0 aliphatic carbocycles. The SMILES string of the molecule is CCOc1cncc(-c2cnc(C(=O)NCCn3nccn3)s2)n1.FC(F)SNc1ccccc1. The predicted molar refractivity (Wildman–Crippen MR) is 130 cm³/mol. The fourth-order valence-corrected chi connectivity index (χ4v) is 3.65. The van der Waals surface area contributed by atoms with Crippen molar-refractivity contribution >= 4 is 34.9 Å². The molecule has 0 spiro atoms. The smallest absolute Gasteiger partial charge is 0.302 e. The molecular weight excluding hydrogens is 498 g/mol. The summed E-state index contributed by atoms with van der Waals surface area (Å²) in [6, 6.07) is 8.87. The van der Waals surface area contributed by atoms with Crippen molar-refractivity contribution in [2.75, 3.05) is 17.9 Å². The number of halogens is 2. The molecule has 3 aromatic heterocycles. The molecule has 1 amide bonds. The highest BCUT2D eigenvalue weighted by Gasteiger charge is 2.13. The summed E-state index contributed by atoms with van der Waals surface area (Å²) in [7, 11) is 0. The second-order valence-corrected chi connectivity index (χ2v) is 8.26. The summed E-state index contributed by atoms with van der Waals surface area (Å²) >= 11 is 1.65. The molecule has 10 nitrogen and oxygen atoms in total. The summed E-state index contributed by atoms with van der Waals surface area (Å²) in [5, 5.41) is 11.1. The predicted octanol–water partition coefficient (Wildman–Crippen LogP) is 3.99. The fraction of sp³-hybridized carbons (Fsp3) is 0.238. The van der Waals surface area contributed by atoms with E-state index < -0.39 is 5.76 Å². The van der Waals surface area contributed by atoms with Gasteiger partial charge in [-0.05, 0) is 19.1 Å². The lowest BCUT2D eigenvalue weighted by atomic mass is 10.3. The number of rotatable bonds is 10. The van der Waals surface area contributed by atoms with Gasteiger partial charge in [-0.25, -0.2) is 9.97 Å². The van der Waals surface area contributed by atoms with Crippen LogP contribution in [-0.4, -0.2) is 54.8 Å². The molecule has 0 unspecified atom stereocenters. The number of anilines is 1. The number of hydrogen-bond donors (Lipinski definition) is 2. The molecular formula is C21H22F2N8O2S2. The maximum atomic E-state index is 12.1. The Bertz CT molecular complexity index is 1160. The number of alkyl halides is 2. The number of thiazole rings is 1. The van der Waals surface area contributed by atoms with Gasteiger partial charge in [0.15, 0.2) is 5.01 Å². The second kappa shape index (κ2) is 13.9. The first kappa shape index (κ1) is 26.0. The molecule has 0 aliphatic heterocycles. The normalized spacial score (nSPS) is 10.4. The summed E-state index contributed by atoms with van der Waals surface area (Å²) < 4.78 is 31.1. The van der Waals surface area contributed by atoms with Gasteiger partial charge >= 0.3 is 5.76 Å². The van der Waals surface area contributed by atoms with Crippen LogP contribution < -0.4 is 14.8 Å². The van der Waals surface area contributed by atoms with Crippen molar-refractivity contribution in [1.29, 1.82) is 0 Å². The monoisotopic (exact) mass is 520 g/mol. The second-order valence-electron chi connectivity index (χ2n) is 6.43. The number of carbonyl (C=O) groups excluding carboxylic acids is 1. The molecule has 0 bridgehead atoms. The molecule has 0 saturated heterocycles. The van der Waals surface area contributed by atoms with Gasteiger partial charge in [0, 0.05) is 30.4 Å². The Labute approximate surface area is 208 Å². The van der Waals surface area contributed by atoms with Gasteiger partial charge in [0.05, 0.1) is 42.8 Å². The van der Waals surface area contributed by atoms with Gasteiger partial charge in [-0.3, -0.25) is 9.78 Å². The number of nitrogens with one attached hydrogen (secondary N) is 2. The van der Waals surface area contributed by atoms with Crippen molar-refractivity contribution < 1.29 is 18.3 Å². The Morgan fingerprint density at radius 3 is 2.66 bits per heavy atom. The lowest BCUT2D eigenvalue weighted by molar-refractivity contribution is 0.0951. The lowest BCUT2D eigenvalue weighted by Crippen LogP contribution is -2.27. The number of nitrogens with zero attached hydrogens (tertiary/aromatic N) is 6. The van der Waals surface area contributed by atoms with Crippen LogP contribution in [0.5, 0.6) is 5.88 Å². The van der Waals surface area contributed by atoms with Crippen LogP contribution in [0.2, 0.25) is 0 Å². The number of hydrogen-bond acceptors (Lipinski definition) is 10. The van der Waals surface area contributed by atoms with Gasteiger partial charge in [0.2, 0.25) is 5.88 Å². The van der Waals surface area contributed by atoms with E-state index in [-0.39, 0.29) is 5.91 Å². The van der Waals surface area contributed by atoms with Crippen LogP contribution in [0.1, 0.15) is 16.7 Å². The molecule has 1 aromatic carbocycles. The van der Waals surface area contributed by atoms with Gasteiger partial charge in [-0.1, -0.05) is 18.2 Å². The van der Waals surface area contributed by atoms with E-state index in [0.717, 1.165) is 4.88 Å². The van der Waals surface area contributed by atoms with Gasteiger partial charge in [0.25, 0.3) is 5.91 Å². The zero-order valence-electron chi connectivity index (χ0n) is 18.5. The molecule has 4 rings (SSSR count). The minimum absolute atomic E-state index is 0.243. The van der Waals surface area contributed by atoms with E-state index in [1.54, 1.807) is 55.2 Å². The van der Waals surface area contributed by atoms with Crippen molar-refractivity contribution in [3.8, 4) is 16.5 Å². The molecule has 14 heteroatoms. The Balaban J connectivity index is 0.000000261. The largest absolute Gasteiger partial charge is 0.477 e. The zero-order chi connectivity index (χ0) is 24.9. The topological polar surface area (TPSA) is 120 Å². The Kier molecular flexibility index (Phi) is 10.3. The van der Waals surface area contributed by atoms with Crippen LogP contribution in [0.3, 0.4) is 0 Å². The van der Waals surface area contributed by atoms with E-state index in [1.807, 2.05) is 13.0 Å². The van der Waals surface area contributed by atoms with Crippen LogP contribution in [0, 0.1) is 0 Å². The summed E-state index contributed by atoms with van der Waals surface area (Å²) in [4.78, 5) is 26.9. The third kappa shape index (κ3) is 8.90. The molecule has 184 valence electrons. The standard InChI is InChI=1S/C14H15N7O2S.C7H7F2NS/c1-2-23-12-9-15-7-10(20-12)11-8-17-14(24-11)13(22)16-5-6-21-18-3-4-19-21;8-7(9)11-10-6-4-2-1-3-5-6/h3-4,7-9H,2,5-6H2,1H3,(H,16,22);1-5,7,10H. The summed E-state index contributed by atoms with van der Waals surface area (Å²) in [6.07, 6.45) is 7.94. The summed E-state index contributed by atoms with van der Waals surface area (Å²) in [6.45, 7) is 3.31. The van der Waals surface area contributed by atoms with Crippen molar-refractivity contribution in [3.63, 3.8) is 0 Å². The molecule has 0 radical (unpaired) electrons. The molecule has 4 aromatic rings. The average molecular weight is 521 g/mol. The van der Waals surface area contributed by atoms with E-state index in [2.05, 4.69) is 35.2 Å². The number of amides is 1. The first-order valence-corrected chi connectivity index (χ1v) is 12.0. The maximum absolute atomic E-state index is 12.1. The third-order valence-corrected chi connectivity index (χ3v) is 5.51. The van der Waals surface area contributed by atoms with Crippen molar-refractivity contribution in [2.24, 2.45) is 0 Å². The van der Waals surface area contributed by atoms with Crippen LogP contribution in [0.15, 0.2) is 61.3 Å². The van der Waals surface area contributed by atoms with Crippen LogP contribution >= 0.6 is 23.3 Å². The van der Waals surface area contributed by atoms with Crippen molar-refractivity contribution in [3.05, 3.63) is 66.3 Å². The quantitative estimate of drug-likeness (QED) is 0.299. The maximum Gasteiger partial charge on any atom is 0.302 e. The number of carbonyl (C=O) groups is 1. The van der Waals surface area contributed by atoms with E-state index in [1.165, 1.54) is 16.1 Å². The van der Waals surface area contributed by atoms with E-state index >= 15 is 0 Å². The minimum atomic E-state index is -2.38. The number of para-hydroxylation sites is 1. The highest BCUT2D eigenvalue weighted by molar-refractivity contribution is 8.00. The molecule has 35 heavy (non-hydrogen) atoms. The molecule has 0 saturated carbocycles. The fourth-order valence-electron chi connectivity index (χ4n) is 2.50. The van der Waals surface area contributed by atoms with Crippen molar-refractivity contribution in [1.82, 2.24) is 35.3 Å². The Morgan fingerprint density at radius 1 is 1.17 bits per heavy atom. The van der Waals surface area contributed by atoms with E-state index in [9.17, 15) is 13.6 Å². The van der Waals surface area contributed by atoms with Gasteiger partial charge < -0.3 is 14.8 Å². The summed E-state index contributed by atoms with van der Waals surface area (Å²) in [5.74, 6) is -2.18. The average Bonchev–Trinajstić information content (AvgIpc) is 3.57. The zero-order valence-corrected chi connectivity index (χ0v) is 20.2. The number of benzene rings is 1. The van der Waals surface area contributed by atoms with Crippen molar-refractivity contribution in [2.45, 2.75) is 19.2 Å². The number of aromatic nitrogens is 6. The van der Waals surface area contributed by atoms with Crippen LogP contribution in [0.4, 0.5) is 14.5 Å². The Hall–Kier alpha value is -3.65. The van der Waals surface area contributed by atoms with Crippen LogP contribution in [0.25, 0.3) is 10.6 Å². The molecule has 0 fully saturated rings. The first-order valence-electron chi connectivity index (χ1n) is 10.3. The van der Waals surface area contributed by atoms with E-state index in [0.29, 0.717) is 53.9 Å². The number of ether oxygens (including phenoxy) is 1. The van der Waals surface area contributed by atoms with Gasteiger partial charge in [-0.15, -0.1) is 11.3 Å². The highest BCUT2D eigenvalue weighted by Crippen LogP contribution is 2.25. The Morgan fingerprint density at radius 2 is 1.94 bits per heavy atom. The molecule has 0 aliphatic rings. The first-order chi connectivity index (χ1) is 17.0. The van der Waals surface area contributed by atoms with Gasteiger partial charge in [-0.2, -0.15) is 23.8 Å². The molecule has 3 heterocycles. The molecule has 0 atom stereocenters. The minimum Gasteiger partial charge on any atom is -0.477 e.